The molecule has 2 aliphatic heterocycles. The Kier molecular flexibility index (Phi) is 7.13. The van der Waals surface area contributed by atoms with Crippen LogP contribution in [0.1, 0.15) is 59.5 Å². The average Bonchev–Trinajstić information content (AvgIpc) is 3.31. The molecule has 7 nitrogen and oxygen atoms in total. The number of rotatable bonds is 7. The summed E-state index contributed by atoms with van der Waals surface area (Å²) in [4.78, 5) is 29.2. The fourth-order valence-corrected chi connectivity index (χ4v) is 7.02. The largest absolute Gasteiger partial charge is 0.493 e. The van der Waals surface area contributed by atoms with Gasteiger partial charge in [0.25, 0.3) is 0 Å². The van der Waals surface area contributed by atoms with Gasteiger partial charge in [-0.2, -0.15) is 0 Å². The Labute approximate surface area is 235 Å². The predicted molar refractivity (Wildman–Crippen MR) is 151 cm³/mol. The summed E-state index contributed by atoms with van der Waals surface area (Å²) >= 11 is 0. The van der Waals surface area contributed by atoms with Crippen LogP contribution in [0, 0.1) is 5.92 Å². The van der Waals surface area contributed by atoms with E-state index < -0.39 is 0 Å². The van der Waals surface area contributed by atoms with E-state index in [0.717, 1.165) is 19.3 Å². The minimum absolute atomic E-state index is 0.0147. The number of piperidine rings is 2. The quantitative estimate of drug-likeness (QED) is 0.319. The van der Waals surface area contributed by atoms with Crippen LogP contribution < -0.4 is 14.2 Å². The molecule has 1 aliphatic carbocycles. The van der Waals surface area contributed by atoms with E-state index in [1.165, 1.54) is 22.3 Å². The first-order valence-corrected chi connectivity index (χ1v) is 14.0. The number of Topliss-reactive ketones (excluding diaryl/α,β-unsaturated/α-hetero) is 1. The highest BCUT2D eigenvalue weighted by molar-refractivity contribution is 5.99. The van der Waals surface area contributed by atoms with Crippen molar-refractivity contribution >= 4 is 11.9 Å². The van der Waals surface area contributed by atoms with Crippen molar-refractivity contribution in [2.75, 3.05) is 27.9 Å². The van der Waals surface area contributed by atoms with Gasteiger partial charge in [0.15, 0.2) is 17.3 Å². The first-order valence-electron chi connectivity index (χ1n) is 14.0. The molecular formula is C33H35NO6. The number of amides is 1. The molecule has 6 rings (SSSR count). The Morgan fingerprint density at radius 2 is 1.35 bits per heavy atom. The van der Waals surface area contributed by atoms with Gasteiger partial charge < -0.3 is 23.8 Å². The van der Waals surface area contributed by atoms with E-state index in [9.17, 15) is 9.59 Å². The molecule has 2 saturated heterocycles. The molecule has 2 fully saturated rings. The SMILES string of the molecule is COc1cc(C(=O)C2CC3CCCC(C2)N3C(=O)OCC2c3ccccc3-c3ccccc32)cc(OC)c1OC. The highest BCUT2D eigenvalue weighted by Gasteiger charge is 2.44. The number of hydrogen-bond acceptors (Lipinski definition) is 6. The first-order chi connectivity index (χ1) is 19.5. The molecule has 2 unspecified atom stereocenters. The molecule has 40 heavy (non-hydrogen) atoms. The van der Waals surface area contributed by atoms with Crippen molar-refractivity contribution in [2.45, 2.75) is 50.1 Å². The predicted octanol–water partition coefficient (Wildman–Crippen LogP) is 6.48. The summed E-state index contributed by atoms with van der Waals surface area (Å²) in [5.41, 5.74) is 5.36. The molecule has 7 heteroatoms. The second kappa shape index (κ2) is 10.9. The maximum atomic E-state index is 13.7. The summed E-state index contributed by atoms with van der Waals surface area (Å²) in [6.07, 6.45) is 3.77. The molecule has 2 bridgehead atoms. The smallest absolute Gasteiger partial charge is 0.410 e. The summed E-state index contributed by atoms with van der Waals surface area (Å²) in [5.74, 6) is 1.26. The number of ketones is 1. The highest BCUT2D eigenvalue weighted by Crippen LogP contribution is 2.45. The fourth-order valence-electron chi connectivity index (χ4n) is 7.02. The second-order valence-electron chi connectivity index (χ2n) is 10.9. The summed E-state index contributed by atoms with van der Waals surface area (Å²) in [7, 11) is 4.63. The van der Waals surface area contributed by atoms with Crippen molar-refractivity contribution in [2.24, 2.45) is 5.92 Å². The lowest BCUT2D eigenvalue weighted by Gasteiger charge is -2.47. The molecule has 0 N–H and O–H groups in total. The van der Waals surface area contributed by atoms with E-state index in [0.29, 0.717) is 42.3 Å². The number of hydrogen-bond donors (Lipinski definition) is 0. The molecule has 0 spiro atoms. The topological polar surface area (TPSA) is 74.3 Å². The number of methoxy groups -OCH3 is 3. The van der Waals surface area contributed by atoms with Gasteiger partial charge in [-0.1, -0.05) is 48.5 Å². The van der Waals surface area contributed by atoms with Gasteiger partial charge in [-0.15, -0.1) is 0 Å². The molecule has 208 valence electrons. The molecule has 0 aromatic heterocycles. The molecule has 1 amide bonds. The van der Waals surface area contributed by atoms with Crippen LogP contribution in [0.25, 0.3) is 11.1 Å². The van der Waals surface area contributed by atoms with Gasteiger partial charge in [-0.05, 0) is 66.5 Å². The lowest BCUT2D eigenvalue weighted by molar-refractivity contribution is 0.00650. The van der Waals surface area contributed by atoms with Crippen molar-refractivity contribution in [3.8, 4) is 28.4 Å². The minimum Gasteiger partial charge on any atom is -0.493 e. The van der Waals surface area contributed by atoms with Gasteiger partial charge >= 0.3 is 6.09 Å². The highest BCUT2D eigenvalue weighted by atomic mass is 16.6. The zero-order chi connectivity index (χ0) is 27.8. The maximum absolute atomic E-state index is 13.7. The third-order valence-corrected chi connectivity index (χ3v) is 8.84. The van der Waals surface area contributed by atoms with E-state index >= 15 is 0 Å². The summed E-state index contributed by atoms with van der Waals surface area (Å²) in [6, 6.07) is 20.1. The number of fused-ring (bicyclic) bond motifs is 5. The van der Waals surface area contributed by atoms with Gasteiger partial charge in [-0.25, -0.2) is 4.79 Å². The van der Waals surface area contributed by atoms with Crippen molar-refractivity contribution in [3.63, 3.8) is 0 Å². The summed E-state index contributed by atoms with van der Waals surface area (Å²) < 4.78 is 22.4. The molecule has 0 radical (unpaired) electrons. The number of carbonyl (C=O) groups is 2. The second-order valence-corrected chi connectivity index (χ2v) is 10.9. The van der Waals surface area contributed by atoms with Crippen molar-refractivity contribution < 1.29 is 28.5 Å². The number of ether oxygens (including phenoxy) is 4. The Hall–Kier alpha value is -4.00. The summed E-state index contributed by atoms with van der Waals surface area (Å²) in [6.45, 7) is 0.302. The molecule has 0 saturated carbocycles. The van der Waals surface area contributed by atoms with Crippen LogP contribution in [0.15, 0.2) is 60.7 Å². The fraction of sp³-hybridized carbons (Fsp3) is 0.394. The van der Waals surface area contributed by atoms with Crippen LogP contribution in [0.2, 0.25) is 0 Å². The maximum Gasteiger partial charge on any atom is 0.410 e. The van der Waals surface area contributed by atoms with Crippen molar-refractivity contribution in [1.29, 1.82) is 0 Å². The van der Waals surface area contributed by atoms with Gasteiger partial charge in [-0.3, -0.25) is 4.79 Å². The van der Waals surface area contributed by atoms with Gasteiger partial charge in [0, 0.05) is 29.5 Å². The molecule has 3 aromatic rings. The van der Waals surface area contributed by atoms with Crippen LogP contribution in [-0.2, 0) is 4.74 Å². The zero-order valence-electron chi connectivity index (χ0n) is 23.2. The van der Waals surface area contributed by atoms with Crippen LogP contribution >= 0.6 is 0 Å². The Balaban J connectivity index is 1.17. The van der Waals surface area contributed by atoms with Crippen LogP contribution in [0.5, 0.6) is 17.2 Å². The van der Waals surface area contributed by atoms with Gasteiger partial charge in [0.2, 0.25) is 5.75 Å². The van der Waals surface area contributed by atoms with E-state index in [1.54, 1.807) is 33.5 Å². The summed E-state index contributed by atoms with van der Waals surface area (Å²) in [5, 5.41) is 0. The molecular weight excluding hydrogens is 506 g/mol. The molecule has 3 aromatic carbocycles. The van der Waals surface area contributed by atoms with E-state index in [2.05, 4.69) is 36.4 Å². The Morgan fingerprint density at radius 1 is 0.800 bits per heavy atom. The number of carbonyl (C=O) groups excluding carboxylic acids is 2. The molecule has 3 aliphatic rings. The lowest BCUT2D eigenvalue weighted by atomic mass is 9.76. The third-order valence-electron chi connectivity index (χ3n) is 8.84. The minimum atomic E-state index is -0.268. The average molecular weight is 542 g/mol. The monoisotopic (exact) mass is 541 g/mol. The van der Waals surface area contributed by atoms with Crippen LogP contribution in [0.4, 0.5) is 4.79 Å². The normalized spacial score (nSPS) is 21.3. The van der Waals surface area contributed by atoms with Crippen LogP contribution in [-0.4, -0.2) is 56.8 Å². The third kappa shape index (κ3) is 4.47. The number of nitrogens with zero attached hydrogens (tertiary/aromatic N) is 1. The zero-order valence-corrected chi connectivity index (χ0v) is 23.2. The molecule has 2 atom stereocenters. The molecule has 2 heterocycles. The van der Waals surface area contributed by atoms with E-state index in [1.807, 2.05) is 17.0 Å². The van der Waals surface area contributed by atoms with E-state index in [4.69, 9.17) is 18.9 Å². The van der Waals surface area contributed by atoms with Crippen LogP contribution in [0.3, 0.4) is 0 Å². The number of benzene rings is 3. The lowest BCUT2D eigenvalue weighted by Crippen LogP contribution is -2.55. The van der Waals surface area contributed by atoms with Crippen molar-refractivity contribution in [3.05, 3.63) is 77.4 Å². The Morgan fingerprint density at radius 3 is 1.88 bits per heavy atom. The van der Waals surface area contributed by atoms with Gasteiger partial charge in [0.05, 0.1) is 21.3 Å². The van der Waals surface area contributed by atoms with Gasteiger partial charge in [0.1, 0.15) is 6.61 Å². The standard InChI is InChI=1S/C33H35NO6/c1-37-29-17-21(18-30(38-2)32(29)39-3)31(35)20-15-22-9-8-10-23(16-20)34(22)33(36)40-19-28-26-13-6-4-11-24(26)25-12-5-7-14-27(25)28/h4-7,11-14,17-18,20,22-23,28H,8-10,15-16,19H2,1-3H3. The van der Waals surface area contributed by atoms with E-state index in [-0.39, 0.29) is 35.8 Å². The Bertz CT molecular complexity index is 1350. The van der Waals surface area contributed by atoms with Crippen molar-refractivity contribution in [1.82, 2.24) is 4.90 Å². The first kappa shape index (κ1) is 26.2.